The predicted octanol–water partition coefficient (Wildman–Crippen LogP) is 2.92. The topological polar surface area (TPSA) is 83.9 Å². The fourth-order valence-corrected chi connectivity index (χ4v) is 4.23. The molecule has 0 aromatic heterocycles. The number of para-hydroxylation sites is 1. The van der Waals surface area contributed by atoms with Gasteiger partial charge in [-0.15, -0.1) is 0 Å². The van der Waals surface area contributed by atoms with Crippen LogP contribution >= 0.6 is 0 Å². The van der Waals surface area contributed by atoms with Gasteiger partial charge in [-0.1, -0.05) is 12.1 Å². The van der Waals surface area contributed by atoms with Crippen LogP contribution in [0.25, 0.3) is 0 Å². The number of sulfonamides is 1. The zero-order valence-electron chi connectivity index (χ0n) is 14.2. The Bertz CT molecular complexity index is 950. The Morgan fingerprint density at radius 3 is 2.56 bits per heavy atom. The van der Waals surface area contributed by atoms with Gasteiger partial charge in [-0.2, -0.15) is 0 Å². The van der Waals surface area contributed by atoms with E-state index in [2.05, 4.69) is 0 Å². The van der Waals surface area contributed by atoms with Gasteiger partial charge >= 0.3 is 5.97 Å². The van der Waals surface area contributed by atoms with Gasteiger partial charge in [0.15, 0.2) is 0 Å². The summed E-state index contributed by atoms with van der Waals surface area (Å²) in [7, 11) is -2.54. The van der Waals surface area contributed by atoms with Crippen LogP contribution in [0.4, 0.5) is 5.69 Å². The lowest BCUT2D eigenvalue weighted by atomic mass is 10.0. The highest BCUT2D eigenvalue weighted by Gasteiger charge is 2.32. The van der Waals surface area contributed by atoms with E-state index in [0.29, 0.717) is 12.2 Å². The number of ether oxygens (including phenoxy) is 1. The summed E-state index contributed by atoms with van der Waals surface area (Å²) >= 11 is 0. The molecule has 0 radical (unpaired) electrons. The molecule has 0 aliphatic carbocycles. The maximum atomic E-state index is 13.0. The third-order valence-corrected chi connectivity index (χ3v) is 5.93. The molecule has 2 aromatic rings. The van der Waals surface area contributed by atoms with E-state index in [-0.39, 0.29) is 21.7 Å². The number of anilines is 1. The first kappa shape index (κ1) is 17.3. The third kappa shape index (κ3) is 3.07. The van der Waals surface area contributed by atoms with E-state index in [0.717, 1.165) is 9.87 Å². The minimum absolute atomic E-state index is 0.0702. The number of hydrogen-bond acceptors (Lipinski definition) is 4. The molecule has 1 heterocycles. The average molecular weight is 361 g/mol. The van der Waals surface area contributed by atoms with Crippen LogP contribution in [-0.2, 0) is 16.4 Å². The van der Waals surface area contributed by atoms with Crippen molar-refractivity contribution in [2.45, 2.75) is 30.8 Å². The first-order valence-corrected chi connectivity index (χ1v) is 9.19. The van der Waals surface area contributed by atoms with Crippen LogP contribution < -0.4 is 9.04 Å². The average Bonchev–Trinajstić information content (AvgIpc) is 2.86. The third-order valence-electron chi connectivity index (χ3n) is 4.17. The number of nitrogens with zero attached hydrogens (tertiary/aromatic N) is 1. The van der Waals surface area contributed by atoms with Crippen molar-refractivity contribution in [3.05, 3.63) is 53.6 Å². The Morgan fingerprint density at radius 2 is 1.88 bits per heavy atom. The molecule has 7 heteroatoms. The molecule has 0 fully saturated rings. The van der Waals surface area contributed by atoms with Gasteiger partial charge < -0.3 is 9.84 Å². The van der Waals surface area contributed by atoms with E-state index in [1.54, 1.807) is 24.3 Å². The lowest BCUT2D eigenvalue weighted by Gasteiger charge is -2.21. The first-order chi connectivity index (χ1) is 11.6. The van der Waals surface area contributed by atoms with Crippen molar-refractivity contribution in [3.63, 3.8) is 0 Å². The lowest BCUT2D eigenvalue weighted by Crippen LogP contribution is -2.28. The zero-order chi connectivity index (χ0) is 18.4. The Kier molecular flexibility index (Phi) is 3.99. The molecular weight excluding hydrogens is 342 g/mol. The minimum Gasteiger partial charge on any atom is -0.487 e. The van der Waals surface area contributed by atoms with E-state index in [4.69, 9.17) is 4.74 Å². The SMILES string of the molecule is CN(c1ccccc1C(=O)O)S(=O)(=O)c1ccc2c(c1)CC(C)(C)O2. The number of carbonyl (C=O) groups is 1. The lowest BCUT2D eigenvalue weighted by molar-refractivity contribution is 0.0697. The highest BCUT2D eigenvalue weighted by molar-refractivity contribution is 7.92. The van der Waals surface area contributed by atoms with Crippen LogP contribution in [0.15, 0.2) is 47.4 Å². The van der Waals surface area contributed by atoms with Crippen molar-refractivity contribution in [1.82, 2.24) is 0 Å². The van der Waals surface area contributed by atoms with Crippen LogP contribution in [0.2, 0.25) is 0 Å². The van der Waals surface area contributed by atoms with E-state index in [1.165, 1.54) is 25.2 Å². The molecule has 0 saturated carbocycles. The molecule has 1 aliphatic rings. The summed E-state index contributed by atoms with van der Waals surface area (Å²) in [4.78, 5) is 11.5. The van der Waals surface area contributed by atoms with Gasteiger partial charge in [0.05, 0.1) is 16.1 Å². The van der Waals surface area contributed by atoms with Crippen molar-refractivity contribution in [2.24, 2.45) is 0 Å². The van der Waals surface area contributed by atoms with E-state index in [9.17, 15) is 18.3 Å². The second-order valence-corrected chi connectivity index (χ2v) is 8.57. The number of aromatic carboxylic acids is 1. The van der Waals surface area contributed by atoms with Crippen LogP contribution in [0, 0.1) is 0 Å². The molecule has 1 aliphatic heterocycles. The highest BCUT2D eigenvalue weighted by Crippen LogP contribution is 2.37. The normalized spacial score (nSPS) is 15.3. The largest absolute Gasteiger partial charge is 0.487 e. The van der Waals surface area contributed by atoms with Gasteiger partial charge in [-0.25, -0.2) is 13.2 Å². The van der Waals surface area contributed by atoms with Crippen LogP contribution in [0.5, 0.6) is 5.75 Å². The Hall–Kier alpha value is -2.54. The minimum atomic E-state index is -3.89. The summed E-state index contributed by atoms with van der Waals surface area (Å²) in [6.07, 6.45) is 0.612. The number of benzene rings is 2. The summed E-state index contributed by atoms with van der Waals surface area (Å²) < 4.78 is 32.7. The van der Waals surface area contributed by atoms with Gasteiger partial charge in [0, 0.05) is 13.5 Å². The van der Waals surface area contributed by atoms with E-state index >= 15 is 0 Å². The van der Waals surface area contributed by atoms with E-state index < -0.39 is 16.0 Å². The molecule has 0 saturated heterocycles. The quantitative estimate of drug-likeness (QED) is 0.905. The first-order valence-electron chi connectivity index (χ1n) is 7.75. The molecule has 25 heavy (non-hydrogen) atoms. The molecule has 0 atom stereocenters. The molecule has 132 valence electrons. The number of carboxylic acid groups (broad SMARTS) is 1. The molecule has 6 nitrogen and oxygen atoms in total. The van der Waals surface area contributed by atoms with Crippen molar-refractivity contribution in [3.8, 4) is 5.75 Å². The maximum Gasteiger partial charge on any atom is 0.337 e. The molecule has 0 unspecified atom stereocenters. The number of fused-ring (bicyclic) bond motifs is 1. The number of rotatable bonds is 4. The van der Waals surface area contributed by atoms with Crippen molar-refractivity contribution in [1.29, 1.82) is 0 Å². The van der Waals surface area contributed by atoms with E-state index in [1.807, 2.05) is 13.8 Å². The fraction of sp³-hybridized carbons (Fsp3) is 0.278. The molecule has 0 spiro atoms. The Balaban J connectivity index is 2.02. The summed E-state index contributed by atoms with van der Waals surface area (Å²) in [6.45, 7) is 3.88. The smallest absolute Gasteiger partial charge is 0.337 e. The molecular formula is C18H19NO5S. The van der Waals surface area contributed by atoms with Gasteiger partial charge in [-0.3, -0.25) is 4.31 Å². The monoisotopic (exact) mass is 361 g/mol. The second kappa shape index (κ2) is 5.77. The number of carboxylic acids is 1. The molecule has 1 N–H and O–H groups in total. The van der Waals surface area contributed by atoms with Crippen LogP contribution in [0.1, 0.15) is 29.8 Å². The molecule has 0 bridgehead atoms. The summed E-state index contributed by atoms with van der Waals surface area (Å²) in [5, 5.41) is 9.30. The fourth-order valence-electron chi connectivity index (χ4n) is 2.96. The Morgan fingerprint density at radius 1 is 1.20 bits per heavy atom. The van der Waals surface area contributed by atoms with Crippen molar-refractivity contribution >= 4 is 21.7 Å². The highest BCUT2D eigenvalue weighted by atomic mass is 32.2. The molecule has 2 aromatic carbocycles. The van der Waals surface area contributed by atoms with Crippen LogP contribution in [-0.4, -0.2) is 32.1 Å². The Labute approximate surface area is 146 Å². The maximum absolute atomic E-state index is 13.0. The van der Waals surface area contributed by atoms with Crippen LogP contribution in [0.3, 0.4) is 0 Å². The summed E-state index contributed by atoms with van der Waals surface area (Å²) in [5.41, 5.74) is 0.504. The van der Waals surface area contributed by atoms with Gasteiger partial charge in [0.2, 0.25) is 0 Å². The number of hydrogen-bond donors (Lipinski definition) is 1. The molecule has 3 rings (SSSR count). The van der Waals surface area contributed by atoms with Gasteiger partial charge in [-0.05, 0) is 49.7 Å². The van der Waals surface area contributed by atoms with Crippen molar-refractivity contribution in [2.75, 3.05) is 11.4 Å². The zero-order valence-corrected chi connectivity index (χ0v) is 15.0. The predicted molar refractivity (Wildman–Crippen MR) is 93.8 cm³/mol. The summed E-state index contributed by atoms with van der Waals surface area (Å²) in [5.74, 6) is -0.501. The second-order valence-electron chi connectivity index (χ2n) is 6.60. The standard InChI is InChI=1S/C18H19NO5S/c1-18(2)11-12-10-13(8-9-16(12)24-18)25(22,23)19(3)15-7-5-4-6-14(15)17(20)21/h4-10H,11H2,1-3H3,(H,20,21). The van der Waals surface area contributed by atoms with Crippen molar-refractivity contribution < 1.29 is 23.1 Å². The molecule has 0 amide bonds. The summed E-state index contributed by atoms with van der Waals surface area (Å²) in [6, 6.07) is 10.7. The van der Waals surface area contributed by atoms with Gasteiger partial charge in [0.25, 0.3) is 10.0 Å². The van der Waals surface area contributed by atoms with Gasteiger partial charge in [0.1, 0.15) is 11.4 Å².